The van der Waals surface area contributed by atoms with Crippen molar-refractivity contribution in [2.24, 2.45) is 0 Å². The smallest absolute Gasteiger partial charge is 0.225 e. The van der Waals surface area contributed by atoms with Gasteiger partial charge in [0.15, 0.2) is 0 Å². The van der Waals surface area contributed by atoms with Gasteiger partial charge in [0.25, 0.3) is 0 Å². The van der Waals surface area contributed by atoms with Gasteiger partial charge < -0.3 is 15.7 Å². The van der Waals surface area contributed by atoms with Crippen molar-refractivity contribution in [3.8, 4) is 0 Å². The number of rotatable bonds is 1. The van der Waals surface area contributed by atoms with E-state index in [0.29, 0.717) is 11.6 Å². The molecule has 14 heavy (non-hydrogen) atoms. The topological polar surface area (TPSA) is 75.3 Å². The van der Waals surface area contributed by atoms with Crippen LogP contribution in [-0.2, 0) is 0 Å². The molecule has 3 N–H and O–H groups in total. The number of piperidine rings is 1. The molecule has 0 amide bonds. The number of nitrogens with zero attached hydrogens (tertiary/aromatic N) is 3. The lowest BCUT2D eigenvalue weighted by molar-refractivity contribution is 0.145. The van der Waals surface area contributed by atoms with Crippen LogP contribution in [0.3, 0.4) is 0 Å². The maximum absolute atomic E-state index is 9.33. The van der Waals surface area contributed by atoms with Gasteiger partial charge in [0.2, 0.25) is 5.95 Å². The van der Waals surface area contributed by atoms with Crippen molar-refractivity contribution in [1.29, 1.82) is 0 Å². The van der Waals surface area contributed by atoms with Crippen LogP contribution in [0.5, 0.6) is 0 Å². The molecular formula is C9H14N4O. The molecular weight excluding hydrogens is 180 g/mol. The molecule has 5 heteroatoms. The molecule has 1 fully saturated rings. The molecule has 1 aromatic heterocycles. The van der Waals surface area contributed by atoms with Gasteiger partial charge in [-0.3, -0.25) is 0 Å². The molecule has 0 aromatic carbocycles. The van der Waals surface area contributed by atoms with Crippen molar-refractivity contribution in [3.05, 3.63) is 12.4 Å². The highest BCUT2D eigenvalue weighted by Gasteiger charge is 2.18. The van der Waals surface area contributed by atoms with E-state index >= 15 is 0 Å². The Morgan fingerprint density at radius 1 is 1.29 bits per heavy atom. The summed E-state index contributed by atoms with van der Waals surface area (Å²) < 4.78 is 0. The van der Waals surface area contributed by atoms with Crippen LogP contribution < -0.4 is 10.6 Å². The van der Waals surface area contributed by atoms with Crippen LogP contribution in [0.4, 0.5) is 11.6 Å². The van der Waals surface area contributed by atoms with E-state index in [0.717, 1.165) is 25.9 Å². The van der Waals surface area contributed by atoms with E-state index < -0.39 is 0 Å². The van der Waals surface area contributed by atoms with Crippen molar-refractivity contribution in [2.45, 2.75) is 18.9 Å². The van der Waals surface area contributed by atoms with Gasteiger partial charge in [-0.25, -0.2) is 9.97 Å². The van der Waals surface area contributed by atoms with Gasteiger partial charge in [-0.2, -0.15) is 0 Å². The lowest BCUT2D eigenvalue weighted by Gasteiger charge is -2.29. The van der Waals surface area contributed by atoms with E-state index in [9.17, 15) is 5.11 Å². The largest absolute Gasteiger partial charge is 0.396 e. The van der Waals surface area contributed by atoms with Crippen molar-refractivity contribution in [2.75, 3.05) is 23.7 Å². The molecule has 2 rings (SSSR count). The summed E-state index contributed by atoms with van der Waals surface area (Å²) >= 11 is 0. The zero-order chi connectivity index (χ0) is 9.97. The molecule has 1 aromatic rings. The average molecular weight is 194 g/mol. The number of aliphatic hydroxyl groups excluding tert-OH is 1. The molecule has 0 spiro atoms. The van der Waals surface area contributed by atoms with E-state index in [1.54, 1.807) is 12.4 Å². The fraction of sp³-hybridized carbons (Fsp3) is 0.556. The van der Waals surface area contributed by atoms with Gasteiger partial charge in [0, 0.05) is 13.1 Å². The summed E-state index contributed by atoms with van der Waals surface area (Å²) in [7, 11) is 0. The second-order valence-electron chi connectivity index (χ2n) is 3.53. The molecule has 0 saturated carbocycles. The Kier molecular flexibility index (Phi) is 2.49. The standard InChI is InChI=1S/C9H14N4O/c10-7-5-11-9(12-6-7)13-3-1-8(14)2-4-13/h5-6,8,14H,1-4,10H2. The Balaban J connectivity index is 2.05. The molecule has 5 nitrogen and oxygen atoms in total. The minimum Gasteiger partial charge on any atom is -0.396 e. The summed E-state index contributed by atoms with van der Waals surface area (Å²) in [6, 6.07) is 0. The lowest BCUT2D eigenvalue weighted by Crippen LogP contribution is -2.36. The molecule has 2 heterocycles. The molecule has 1 saturated heterocycles. The summed E-state index contributed by atoms with van der Waals surface area (Å²) in [6.07, 6.45) is 4.61. The van der Waals surface area contributed by atoms with E-state index in [2.05, 4.69) is 14.9 Å². The van der Waals surface area contributed by atoms with Gasteiger partial charge in [-0.1, -0.05) is 0 Å². The average Bonchev–Trinajstić information content (AvgIpc) is 2.21. The highest BCUT2D eigenvalue weighted by molar-refractivity contribution is 5.38. The summed E-state index contributed by atoms with van der Waals surface area (Å²) in [5.41, 5.74) is 6.07. The number of nitrogen functional groups attached to an aromatic ring is 1. The molecule has 0 aliphatic carbocycles. The monoisotopic (exact) mass is 194 g/mol. The summed E-state index contributed by atoms with van der Waals surface area (Å²) in [5.74, 6) is 0.700. The van der Waals surface area contributed by atoms with Crippen LogP contribution in [0, 0.1) is 0 Å². The Labute approximate surface area is 82.6 Å². The van der Waals surface area contributed by atoms with Gasteiger partial charge in [-0.15, -0.1) is 0 Å². The van der Waals surface area contributed by atoms with E-state index in [4.69, 9.17) is 5.73 Å². The van der Waals surface area contributed by atoms with Crippen LogP contribution in [0.1, 0.15) is 12.8 Å². The third kappa shape index (κ3) is 1.93. The fourth-order valence-electron chi connectivity index (χ4n) is 1.56. The molecule has 0 unspecified atom stereocenters. The van der Waals surface area contributed by atoms with E-state index in [1.165, 1.54) is 0 Å². The van der Waals surface area contributed by atoms with Crippen molar-refractivity contribution in [1.82, 2.24) is 9.97 Å². The number of hydrogen-bond donors (Lipinski definition) is 2. The predicted molar refractivity (Wildman–Crippen MR) is 53.9 cm³/mol. The number of aromatic nitrogens is 2. The third-order valence-electron chi connectivity index (χ3n) is 2.41. The van der Waals surface area contributed by atoms with E-state index in [1.807, 2.05) is 0 Å². The Morgan fingerprint density at radius 3 is 2.43 bits per heavy atom. The van der Waals surface area contributed by atoms with Crippen LogP contribution in [0.2, 0.25) is 0 Å². The van der Waals surface area contributed by atoms with E-state index in [-0.39, 0.29) is 6.10 Å². The molecule has 0 radical (unpaired) electrons. The first kappa shape index (κ1) is 9.21. The summed E-state index contributed by atoms with van der Waals surface area (Å²) in [4.78, 5) is 10.3. The normalized spacial score (nSPS) is 18.5. The zero-order valence-corrected chi connectivity index (χ0v) is 7.93. The fourth-order valence-corrected chi connectivity index (χ4v) is 1.56. The van der Waals surface area contributed by atoms with Crippen molar-refractivity contribution < 1.29 is 5.11 Å². The maximum atomic E-state index is 9.33. The summed E-state index contributed by atoms with van der Waals surface area (Å²) in [5, 5.41) is 9.33. The Morgan fingerprint density at radius 2 is 1.86 bits per heavy atom. The third-order valence-corrected chi connectivity index (χ3v) is 2.41. The van der Waals surface area contributed by atoms with Gasteiger partial charge >= 0.3 is 0 Å². The maximum Gasteiger partial charge on any atom is 0.225 e. The Bertz CT molecular complexity index is 292. The predicted octanol–water partition coefficient (Wildman–Crippen LogP) is 0.0199. The van der Waals surface area contributed by atoms with Gasteiger partial charge in [0.1, 0.15) is 0 Å². The van der Waals surface area contributed by atoms with Crippen LogP contribution in [0.25, 0.3) is 0 Å². The minimum atomic E-state index is -0.167. The van der Waals surface area contributed by atoms with Gasteiger partial charge in [0.05, 0.1) is 24.2 Å². The number of nitrogens with two attached hydrogens (primary N) is 1. The molecule has 1 aliphatic rings. The number of hydrogen-bond acceptors (Lipinski definition) is 5. The Hall–Kier alpha value is -1.36. The molecule has 1 aliphatic heterocycles. The quantitative estimate of drug-likeness (QED) is 0.659. The number of anilines is 2. The van der Waals surface area contributed by atoms with Crippen LogP contribution in [-0.4, -0.2) is 34.3 Å². The first-order chi connectivity index (χ1) is 6.75. The molecule has 76 valence electrons. The van der Waals surface area contributed by atoms with Crippen molar-refractivity contribution >= 4 is 11.6 Å². The molecule has 0 bridgehead atoms. The number of aliphatic hydroxyl groups is 1. The first-order valence-electron chi connectivity index (χ1n) is 4.76. The zero-order valence-electron chi connectivity index (χ0n) is 7.93. The minimum absolute atomic E-state index is 0.167. The lowest BCUT2D eigenvalue weighted by atomic mass is 10.1. The first-order valence-corrected chi connectivity index (χ1v) is 4.76. The van der Waals surface area contributed by atoms with Crippen LogP contribution >= 0.6 is 0 Å². The highest BCUT2D eigenvalue weighted by Crippen LogP contribution is 2.15. The van der Waals surface area contributed by atoms with Gasteiger partial charge in [-0.05, 0) is 12.8 Å². The van der Waals surface area contributed by atoms with Crippen molar-refractivity contribution in [3.63, 3.8) is 0 Å². The highest BCUT2D eigenvalue weighted by atomic mass is 16.3. The molecule has 0 atom stereocenters. The second-order valence-corrected chi connectivity index (χ2v) is 3.53. The SMILES string of the molecule is Nc1cnc(N2CCC(O)CC2)nc1. The summed E-state index contributed by atoms with van der Waals surface area (Å²) in [6.45, 7) is 1.62. The second kappa shape index (κ2) is 3.79. The van der Waals surface area contributed by atoms with Crippen LogP contribution in [0.15, 0.2) is 12.4 Å².